The Bertz CT molecular complexity index is 543. The highest BCUT2D eigenvalue weighted by Crippen LogP contribution is 2.27. The standard InChI is InChI=1S/C13H14ClN3/c14-9-4-6-10(7-5-9)17-13-3-1-2-11(13)12(8-15)16-17/h4-7H,1-3,8,15H2. The van der Waals surface area contributed by atoms with Crippen molar-refractivity contribution in [1.29, 1.82) is 0 Å². The second-order valence-corrected chi connectivity index (χ2v) is 4.75. The van der Waals surface area contributed by atoms with Gasteiger partial charge in [0.05, 0.1) is 11.4 Å². The lowest BCUT2D eigenvalue weighted by atomic mass is 10.2. The Kier molecular flexibility index (Phi) is 2.65. The summed E-state index contributed by atoms with van der Waals surface area (Å²) in [5.41, 5.74) is 10.5. The van der Waals surface area contributed by atoms with Crippen molar-refractivity contribution >= 4 is 11.6 Å². The third-order valence-corrected chi connectivity index (χ3v) is 3.53. The molecule has 3 rings (SSSR count). The molecule has 0 aliphatic heterocycles. The smallest absolute Gasteiger partial charge is 0.0799 e. The summed E-state index contributed by atoms with van der Waals surface area (Å²) in [6.07, 6.45) is 3.40. The molecule has 0 saturated carbocycles. The van der Waals surface area contributed by atoms with Crippen LogP contribution >= 0.6 is 11.6 Å². The van der Waals surface area contributed by atoms with Crippen molar-refractivity contribution in [2.75, 3.05) is 0 Å². The number of hydrogen-bond acceptors (Lipinski definition) is 2. The van der Waals surface area contributed by atoms with Gasteiger partial charge in [-0.25, -0.2) is 4.68 Å². The molecule has 1 aromatic carbocycles. The Hall–Kier alpha value is -1.32. The normalized spacial score (nSPS) is 14.0. The average molecular weight is 248 g/mol. The first-order chi connectivity index (χ1) is 8.29. The summed E-state index contributed by atoms with van der Waals surface area (Å²) in [5.74, 6) is 0. The second kappa shape index (κ2) is 4.17. The summed E-state index contributed by atoms with van der Waals surface area (Å²) >= 11 is 5.90. The van der Waals surface area contributed by atoms with Crippen LogP contribution in [-0.2, 0) is 19.4 Å². The molecule has 1 heterocycles. The molecule has 0 spiro atoms. The molecule has 4 heteroatoms. The first-order valence-corrected chi connectivity index (χ1v) is 6.23. The van der Waals surface area contributed by atoms with Gasteiger partial charge in [-0.05, 0) is 49.1 Å². The van der Waals surface area contributed by atoms with E-state index >= 15 is 0 Å². The Morgan fingerprint density at radius 1 is 1.24 bits per heavy atom. The molecule has 0 fully saturated rings. The molecule has 0 unspecified atom stereocenters. The van der Waals surface area contributed by atoms with Crippen LogP contribution in [0.4, 0.5) is 0 Å². The fourth-order valence-electron chi connectivity index (χ4n) is 2.47. The third-order valence-electron chi connectivity index (χ3n) is 3.28. The predicted octanol–water partition coefficient (Wildman–Crippen LogP) is 2.47. The van der Waals surface area contributed by atoms with E-state index in [-0.39, 0.29) is 0 Å². The van der Waals surface area contributed by atoms with Crippen LogP contribution in [-0.4, -0.2) is 9.78 Å². The molecule has 0 amide bonds. The molecule has 2 aromatic rings. The van der Waals surface area contributed by atoms with Crippen molar-refractivity contribution in [3.8, 4) is 5.69 Å². The molecule has 0 atom stereocenters. The molecule has 3 nitrogen and oxygen atoms in total. The first kappa shape index (κ1) is 10.8. The number of rotatable bonds is 2. The van der Waals surface area contributed by atoms with Gasteiger partial charge in [-0.2, -0.15) is 5.10 Å². The molecule has 0 radical (unpaired) electrons. The van der Waals surface area contributed by atoms with Gasteiger partial charge in [0.1, 0.15) is 0 Å². The zero-order valence-electron chi connectivity index (χ0n) is 9.49. The van der Waals surface area contributed by atoms with Gasteiger partial charge >= 0.3 is 0 Å². The van der Waals surface area contributed by atoms with Gasteiger partial charge in [0.15, 0.2) is 0 Å². The van der Waals surface area contributed by atoms with E-state index in [2.05, 4.69) is 5.10 Å². The maximum Gasteiger partial charge on any atom is 0.0799 e. The van der Waals surface area contributed by atoms with Gasteiger partial charge in [0, 0.05) is 17.3 Å². The Morgan fingerprint density at radius 2 is 2.00 bits per heavy atom. The molecular formula is C13H14ClN3. The number of halogens is 1. The molecule has 1 aliphatic carbocycles. The van der Waals surface area contributed by atoms with E-state index in [1.54, 1.807) is 0 Å². The minimum absolute atomic E-state index is 0.517. The Labute approximate surface area is 105 Å². The van der Waals surface area contributed by atoms with Gasteiger partial charge in [0.25, 0.3) is 0 Å². The van der Waals surface area contributed by atoms with Gasteiger partial charge in [-0.1, -0.05) is 11.6 Å². The predicted molar refractivity (Wildman–Crippen MR) is 68.5 cm³/mol. The molecule has 2 N–H and O–H groups in total. The van der Waals surface area contributed by atoms with E-state index in [1.165, 1.54) is 17.7 Å². The molecule has 1 aliphatic rings. The summed E-state index contributed by atoms with van der Waals surface area (Å²) in [6, 6.07) is 7.77. The highest BCUT2D eigenvalue weighted by molar-refractivity contribution is 6.30. The number of fused-ring (bicyclic) bond motifs is 1. The lowest BCUT2D eigenvalue weighted by Gasteiger charge is -2.05. The molecule has 1 aromatic heterocycles. The van der Waals surface area contributed by atoms with E-state index < -0.39 is 0 Å². The summed E-state index contributed by atoms with van der Waals surface area (Å²) in [5, 5.41) is 5.35. The number of benzene rings is 1. The zero-order valence-corrected chi connectivity index (χ0v) is 10.2. The van der Waals surface area contributed by atoms with Crippen LogP contribution in [0.5, 0.6) is 0 Å². The van der Waals surface area contributed by atoms with E-state index in [4.69, 9.17) is 17.3 Å². The number of nitrogens with two attached hydrogens (primary N) is 1. The van der Waals surface area contributed by atoms with E-state index in [0.717, 1.165) is 29.2 Å². The van der Waals surface area contributed by atoms with E-state index in [1.807, 2.05) is 28.9 Å². The Balaban J connectivity index is 2.12. The van der Waals surface area contributed by atoms with Crippen molar-refractivity contribution < 1.29 is 0 Å². The summed E-state index contributed by atoms with van der Waals surface area (Å²) < 4.78 is 2.01. The SMILES string of the molecule is NCc1nn(-c2ccc(Cl)cc2)c2c1CCC2. The Morgan fingerprint density at radius 3 is 2.71 bits per heavy atom. The number of aromatic nitrogens is 2. The minimum Gasteiger partial charge on any atom is -0.325 e. The highest BCUT2D eigenvalue weighted by atomic mass is 35.5. The second-order valence-electron chi connectivity index (χ2n) is 4.32. The molecular weight excluding hydrogens is 234 g/mol. The van der Waals surface area contributed by atoms with Gasteiger partial charge in [0.2, 0.25) is 0 Å². The molecule has 17 heavy (non-hydrogen) atoms. The largest absolute Gasteiger partial charge is 0.325 e. The zero-order chi connectivity index (χ0) is 11.8. The van der Waals surface area contributed by atoms with Crippen LogP contribution in [0.15, 0.2) is 24.3 Å². The first-order valence-electron chi connectivity index (χ1n) is 5.85. The third kappa shape index (κ3) is 1.75. The minimum atomic E-state index is 0.517. The lowest BCUT2D eigenvalue weighted by molar-refractivity contribution is 0.758. The van der Waals surface area contributed by atoms with Gasteiger partial charge in [-0.15, -0.1) is 0 Å². The summed E-state index contributed by atoms with van der Waals surface area (Å²) in [6.45, 7) is 0.517. The van der Waals surface area contributed by atoms with Crippen molar-refractivity contribution in [2.24, 2.45) is 5.73 Å². The van der Waals surface area contributed by atoms with Crippen LogP contribution in [0.1, 0.15) is 23.4 Å². The fourth-order valence-corrected chi connectivity index (χ4v) is 2.60. The quantitative estimate of drug-likeness (QED) is 0.886. The van der Waals surface area contributed by atoms with Gasteiger partial charge < -0.3 is 5.73 Å². The van der Waals surface area contributed by atoms with Gasteiger partial charge in [-0.3, -0.25) is 0 Å². The van der Waals surface area contributed by atoms with Crippen molar-refractivity contribution in [1.82, 2.24) is 9.78 Å². The molecule has 88 valence electrons. The monoisotopic (exact) mass is 247 g/mol. The maximum absolute atomic E-state index is 5.90. The van der Waals surface area contributed by atoms with Crippen LogP contribution < -0.4 is 5.73 Å². The van der Waals surface area contributed by atoms with Crippen LogP contribution in [0.3, 0.4) is 0 Å². The summed E-state index contributed by atoms with van der Waals surface area (Å²) in [4.78, 5) is 0. The van der Waals surface area contributed by atoms with Crippen LogP contribution in [0.2, 0.25) is 5.02 Å². The van der Waals surface area contributed by atoms with Crippen LogP contribution in [0, 0.1) is 0 Å². The molecule has 0 saturated heterocycles. The fraction of sp³-hybridized carbons (Fsp3) is 0.308. The van der Waals surface area contributed by atoms with Crippen molar-refractivity contribution in [3.63, 3.8) is 0 Å². The van der Waals surface area contributed by atoms with E-state index in [9.17, 15) is 0 Å². The van der Waals surface area contributed by atoms with Crippen LogP contribution in [0.25, 0.3) is 5.69 Å². The lowest BCUT2D eigenvalue weighted by Crippen LogP contribution is -2.03. The van der Waals surface area contributed by atoms with E-state index in [0.29, 0.717) is 6.54 Å². The molecule has 0 bridgehead atoms. The number of nitrogens with zero attached hydrogens (tertiary/aromatic N) is 2. The number of hydrogen-bond donors (Lipinski definition) is 1. The maximum atomic E-state index is 5.90. The summed E-state index contributed by atoms with van der Waals surface area (Å²) in [7, 11) is 0. The highest BCUT2D eigenvalue weighted by Gasteiger charge is 2.22. The van der Waals surface area contributed by atoms with Crippen molar-refractivity contribution in [2.45, 2.75) is 25.8 Å². The van der Waals surface area contributed by atoms with Crippen molar-refractivity contribution in [3.05, 3.63) is 46.2 Å². The average Bonchev–Trinajstić information content (AvgIpc) is 2.91. The topological polar surface area (TPSA) is 43.8 Å².